The van der Waals surface area contributed by atoms with E-state index >= 15 is 0 Å². The molecule has 2 heterocycles. The van der Waals surface area contributed by atoms with Crippen molar-refractivity contribution in [3.05, 3.63) is 47.5 Å². The lowest BCUT2D eigenvalue weighted by Gasteiger charge is -2.35. The molecule has 0 bridgehead atoms. The van der Waals surface area contributed by atoms with Gasteiger partial charge in [-0.3, -0.25) is 9.69 Å². The van der Waals surface area contributed by atoms with Gasteiger partial charge < -0.3 is 10.6 Å². The van der Waals surface area contributed by atoms with Crippen LogP contribution in [0, 0.1) is 12.7 Å². The highest BCUT2D eigenvalue weighted by molar-refractivity contribution is 5.95. The Morgan fingerprint density at radius 2 is 1.89 bits per heavy atom. The molecule has 1 saturated heterocycles. The van der Waals surface area contributed by atoms with E-state index in [1.54, 1.807) is 6.92 Å². The van der Waals surface area contributed by atoms with Crippen molar-refractivity contribution >= 4 is 5.91 Å². The van der Waals surface area contributed by atoms with Crippen LogP contribution in [0.1, 0.15) is 16.1 Å². The third-order valence-corrected chi connectivity index (χ3v) is 4.75. The number of amides is 1. The Kier molecular flexibility index (Phi) is 5.99. The van der Waals surface area contributed by atoms with Crippen molar-refractivity contribution in [1.29, 1.82) is 0 Å². The summed E-state index contributed by atoms with van der Waals surface area (Å²) >= 11 is 0. The highest BCUT2D eigenvalue weighted by Crippen LogP contribution is 2.25. The van der Waals surface area contributed by atoms with Crippen LogP contribution in [0.3, 0.4) is 0 Å². The van der Waals surface area contributed by atoms with Gasteiger partial charge in [0.2, 0.25) is 0 Å². The summed E-state index contributed by atoms with van der Waals surface area (Å²) in [5.74, 6) is -1.03. The Bertz CT molecular complexity index is 812. The first-order chi connectivity index (χ1) is 13.3. The molecule has 28 heavy (non-hydrogen) atoms. The second kappa shape index (κ2) is 8.27. The van der Waals surface area contributed by atoms with Gasteiger partial charge in [0.15, 0.2) is 0 Å². The fourth-order valence-corrected chi connectivity index (χ4v) is 3.21. The summed E-state index contributed by atoms with van der Waals surface area (Å²) in [5.41, 5.74) is 1.17. The van der Waals surface area contributed by atoms with Crippen molar-refractivity contribution in [3.63, 3.8) is 0 Å². The molecule has 0 saturated carbocycles. The molecule has 2 N–H and O–H groups in total. The number of piperazine rings is 1. The summed E-state index contributed by atoms with van der Waals surface area (Å²) < 4.78 is 54.8. The van der Waals surface area contributed by atoms with Crippen LogP contribution in [-0.4, -0.2) is 65.5 Å². The van der Waals surface area contributed by atoms with Crippen molar-refractivity contribution < 1.29 is 22.4 Å². The van der Waals surface area contributed by atoms with Gasteiger partial charge >= 0.3 is 6.18 Å². The third-order valence-electron chi connectivity index (χ3n) is 4.75. The van der Waals surface area contributed by atoms with Crippen LogP contribution in [-0.2, 0) is 0 Å². The number of carbonyl (C=O) groups is 1. The molecule has 10 heteroatoms. The minimum Gasteiger partial charge on any atom is -0.350 e. The van der Waals surface area contributed by atoms with E-state index in [-0.39, 0.29) is 18.7 Å². The van der Waals surface area contributed by atoms with Crippen LogP contribution >= 0.6 is 0 Å². The minimum absolute atomic E-state index is 0.172. The van der Waals surface area contributed by atoms with E-state index in [1.165, 1.54) is 40.0 Å². The van der Waals surface area contributed by atoms with Crippen molar-refractivity contribution in [1.82, 2.24) is 25.3 Å². The Balaban J connectivity index is 1.71. The Morgan fingerprint density at radius 1 is 1.25 bits per heavy atom. The van der Waals surface area contributed by atoms with Crippen molar-refractivity contribution in [2.45, 2.75) is 19.1 Å². The molecule has 1 aromatic heterocycles. The molecule has 3 rings (SSSR count). The zero-order chi connectivity index (χ0) is 20.3. The monoisotopic (exact) mass is 399 g/mol. The van der Waals surface area contributed by atoms with E-state index in [0.29, 0.717) is 24.5 Å². The normalized spacial score (nSPS) is 16.8. The van der Waals surface area contributed by atoms with E-state index < -0.39 is 30.5 Å². The first-order valence-corrected chi connectivity index (χ1v) is 8.87. The zero-order valence-corrected chi connectivity index (χ0v) is 15.3. The number of rotatable bonds is 5. The molecular weight excluding hydrogens is 378 g/mol. The van der Waals surface area contributed by atoms with Crippen LogP contribution in [0.4, 0.5) is 17.6 Å². The molecule has 2 aromatic rings. The predicted octanol–water partition coefficient (Wildman–Crippen LogP) is 1.89. The molecule has 1 aromatic carbocycles. The van der Waals surface area contributed by atoms with Gasteiger partial charge in [0.1, 0.15) is 11.9 Å². The minimum atomic E-state index is -4.45. The number of halogens is 4. The molecule has 1 fully saturated rings. The Hall–Kier alpha value is -2.46. The fraction of sp³-hybridized carbons (Fsp3) is 0.444. The van der Waals surface area contributed by atoms with Gasteiger partial charge in [-0.1, -0.05) is 0 Å². The number of hydrogen-bond donors (Lipinski definition) is 2. The second-order valence-corrected chi connectivity index (χ2v) is 6.59. The van der Waals surface area contributed by atoms with Gasteiger partial charge in [-0.25, -0.2) is 9.07 Å². The maximum atomic E-state index is 13.4. The quantitative estimate of drug-likeness (QED) is 0.754. The number of nitrogens with one attached hydrogen (secondary N) is 2. The average Bonchev–Trinajstić information content (AvgIpc) is 3.04. The molecule has 1 atom stereocenters. The first-order valence-electron chi connectivity index (χ1n) is 8.87. The van der Waals surface area contributed by atoms with E-state index in [2.05, 4.69) is 15.7 Å². The van der Waals surface area contributed by atoms with Crippen LogP contribution < -0.4 is 10.6 Å². The SMILES string of the molecule is Cc1c(C(=O)NCC(N2CCNCC2)C(F)(F)F)cnn1-c1ccc(F)cc1. The van der Waals surface area contributed by atoms with E-state index in [9.17, 15) is 22.4 Å². The number of aromatic nitrogens is 2. The topological polar surface area (TPSA) is 62.2 Å². The first kappa shape index (κ1) is 20.3. The highest BCUT2D eigenvalue weighted by Gasteiger charge is 2.43. The number of hydrogen-bond acceptors (Lipinski definition) is 4. The number of carbonyl (C=O) groups excluding carboxylic acids is 1. The average molecular weight is 399 g/mol. The molecule has 1 unspecified atom stereocenters. The van der Waals surface area contributed by atoms with Crippen molar-refractivity contribution in [2.24, 2.45) is 0 Å². The van der Waals surface area contributed by atoms with Crippen LogP contribution in [0.5, 0.6) is 0 Å². The zero-order valence-electron chi connectivity index (χ0n) is 15.3. The predicted molar refractivity (Wildman–Crippen MR) is 94.9 cm³/mol. The second-order valence-electron chi connectivity index (χ2n) is 6.59. The summed E-state index contributed by atoms with van der Waals surface area (Å²) in [6, 6.07) is 3.78. The van der Waals surface area contributed by atoms with E-state index in [0.717, 1.165) is 0 Å². The lowest BCUT2D eigenvalue weighted by atomic mass is 10.2. The van der Waals surface area contributed by atoms with Crippen LogP contribution in [0.25, 0.3) is 5.69 Å². The van der Waals surface area contributed by atoms with Gasteiger partial charge in [-0.05, 0) is 31.2 Å². The van der Waals surface area contributed by atoms with Gasteiger partial charge in [-0.15, -0.1) is 0 Å². The molecule has 6 nitrogen and oxygen atoms in total. The number of benzene rings is 1. The molecule has 152 valence electrons. The Labute approximate surface area is 159 Å². The summed E-state index contributed by atoms with van der Waals surface area (Å²) in [5, 5.41) is 9.49. The van der Waals surface area contributed by atoms with E-state index in [4.69, 9.17) is 0 Å². The summed E-state index contributed by atoms with van der Waals surface area (Å²) in [4.78, 5) is 13.8. The Morgan fingerprint density at radius 3 is 2.50 bits per heavy atom. The molecule has 1 aliphatic heterocycles. The third kappa shape index (κ3) is 4.50. The maximum absolute atomic E-state index is 13.4. The van der Waals surface area contributed by atoms with Crippen LogP contribution in [0.2, 0.25) is 0 Å². The van der Waals surface area contributed by atoms with Gasteiger partial charge in [0.25, 0.3) is 5.91 Å². The van der Waals surface area contributed by atoms with Gasteiger partial charge in [0, 0.05) is 32.7 Å². The molecule has 0 radical (unpaired) electrons. The highest BCUT2D eigenvalue weighted by atomic mass is 19.4. The standard InChI is InChI=1S/C18H21F4N5O/c1-12-15(10-25-27(12)14-4-2-13(19)3-5-14)17(28)24-11-16(18(20,21)22)26-8-6-23-7-9-26/h2-5,10,16,23H,6-9,11H2,1H3,(H,24,28). The number of nitrogens with zero attached hydrogens (tertiary/aromatic N) is 3. The molecule has 0 spiro atoms. The summed E-state index contributed by atoms with van der Waals surface area (Å²) in [7, 11) is 0. The summed E-state index contributed by atoms with van der Waals surface area (Å²) in [6.45, 7) is 2.57. The fourth-order valence-electron chi connectivity index (χ4n) is 3.21. The van der Waals surface area contributed by atoms with Crippen molar-refractivity contribution in [3.8, 4) is 5.69 Å². The van der Waals surface area contributed by atoms with Gasteiger partial charge in [-0.2, -0.15) is 18.3 Å². The molecular formula is C18H21F4N5O. The number of alkyl halides is 3. The van der Waals surface area contributed by atoms with Crippen molar-refractivity contribution in [2.75, 3.05) is 32.7 Å². The lowest BCUT2D eigenvalue weighted by Crippen LogP contribution is -2.57. The molecule has 1 amide bonds. The molecule has 0 aliphatic carbocycles. The largest absolute Gasteiger partial charge is 0.405 e. The molecule has 1 aliphatic rings. The smallest absolute Gasteiger partial charge is 0.350 e. The summed E-state index contributed by atoms with van der Waals surface area (Å²) in [6.07, 6.45) is -3.15. The lowest BCUT2D eigenvalue weighted by molar-refractivity contribution is -0.183. The van der Waals surface area contributed by atoms with E-state index in [1.807, 2.05) is 0 Å². The maximum Gasteiger partial charge on any atom is 0.405 e. The van der Waals surface area contributed by atoms with Crippen LogP contribution in [0.15, 0.2) is 30.5 Å². The van der Waals surface area contributed by atoms with Gasteiger partial charge in [0.05, 0.1) is 23.1 Å².